The fourth-order valence-corrected chi connectivity index (χ4v) is 6.29. The predicted molar refractivity (Wildman–Crippen MR) is 154 cm³/mol. The van der Waals surface area contributed by atoms with Crippen LogP contribution >= 0.6 is 23.2 Å². The summed E-state index contributed by atoms with van der Waals surface area (Å²) in [6, 6.07) is 3.45. The molecule has 6 rings (SSSR count). The van der Waals surface area contributed by atoms with Crippen molar-refractivity contribution in [1.82, 2.24) is 29.8 Å². The Balaban J connectivity index is 1.26. The second-order valence-corrected chi connectivity index (χ2v) is 13.4. The highest BCUT2D eigenvalue weighted by atomic mass is 35.5. The van der Waals surface area contributed by atoms with Crippen molar-refractivity contribution >= 4 is 35.2 Å². The summed E-state index contributed by atoms with van der Waals surface area (Å²) in [5.74, 6) is -5.52. The summed E-state index contributed by atoms with van der Waals surface area (Å²) in [5.41, 5.74) is -1.50. The van der Waals surface area contributed by atoms with Crippen molar-refractivity contribution in [2.45, 2.75) is 63.7 Å². The Bertz CT molecular complexity index is 1560. The quantitative estimate of drug-likeness (QED) is 0.335. The normalized spacial score (nSPS) is 21.9. The number of benzene rings is 1. The molecule has 0 radical (unpaired) electrons. The third kappa shape index (κ3) is 5.77. The van der Waals surface area contributed by atoms with E-state index >= 15 is 8.78 Å². The molecule has 3 aromatic rings. The summed E-state index contributed by atoms with van der Waals surface area (Å²) >= 11 is 11.9. The molecule has 3 aliphatic heterocycles. The number of amides is 2. The van der Waals surface area contributed by atoms with Crippen LogP contribution in [0, 0.1) is 5.41 Å². The summed E-state index contributed by atoms with van der Waals surface area (Å²) in [4.78, 5) is 29.6. The number of aromatic nitrogens is 4. The lowest BCUT2D eigenvalue weighted by Gasteiger charge is -2.49. The van der Waals surface area contributed by atoms with Crippen molar-refractivity contribution in [2.75, 3.05) is 32.8 Å². The maximum Gasteiger partial charge on any atom is 0.410 e. The monoisotopic (exact) mass is 652 g/mol. The van der Waals surface area contributed by atoms with Gasteiger partial charge in [0.05, 0.1) is 27.7 Å². The number of hydrogen-bond acceptors (Lipinski definition) is 8. The Hall–Kier alpha value is -3.29. The van der Waals surface area contributed by atoms with Crippen LogP contribution in [0.2, 0.25) is 10.0 Å². The summed E-state index contributed by atoms with van der Waals surface area (Å²) in [5, 5.41) is 12.1. The van der Waals surface area contributed by atoms with Crippen LogP contribution in [0.25, 0.3) is 0 Å². The molecule has 5 heterocycles. The highest BCUT2D eigenvalue weighted by Crippen LogP contribution is 2.50. The Morgan fingerprint density at radius 3 is 2.50 bits per heavy atom. The SMILES string of the molecule is CC(C)(C)OC(=O)N1CC2(C1)CN(C(=O)c1cnn(C3CCCCO3)c1)CC2c1nnc(C(F)(F)c2ccc(Cl)c(Cl)c2)o1. The highest BCUT2D eigenvalue weighted by Gasteiger charge is 2.59. The fraction of sp³-hybridized carbons (Fsp3) is 0.552. The summed E-state index contributed by atoms with van der Waals surface area (Å²) in [7, 11) is 0. The number of halogens is 4. The third-order valence-corrected chi connectivity index (χ3v) is 8.93. The first-order valence-corrected chi connectivity index (χ1v) is 15.1. The molecule has 3 saturated heterocycles. The summed E-state index contributed by atoms with van der Waals surface area (Å²) in [6.07, 6.45) is 5.22. The first-order chi connectivity index (χ1) is 20.8. The molecule has 236 valence electrons. The van der Waals surface area contributed by atoms with E-state index in [-0.39, 0.29) is 54.3 Å². The van der Waals surface area contributed by atoms with Crippen molar-refractivity contribution in [3.8, 4) is 0 Å². The van der Waals surface area contributed by atoms with Crippen LogP contribution in [0.3, 0.4) is 0 Å². The molecular formula is C29H32Cl2F2N6O5. The smallest absolute Gasteiger partial charge is 0.410 e. The van der Waals surface area contributed by atoms with Gasteiger partial charge in [-0.2, -0.15) is 13.9 Å². The van der Waals surface area contributed by atoms with Crippen LogP contribution in [0.15, 0.2) is 35.0 Å². The summed E-state index contributed by atoms with van der Waals surface area (Å²) < 4.78 is 49.5. The molecule has 15 heteroatoms. The van der Waals surface area contributed by atoms with E-state index in [2.05, 4.69) is 15.3 Å². The van der Waals surface area contributed by atoms with E-state index < -0.39 is 40.4 Å². The molecule has 44 heavy (non-hydrogen) atoms. The standard InChI is InChI=1S/C29H32Cl2F2N6O5/c1-27(2,3)44-26(41)38-15-28(16-38)14-37(24(40)17-11-34-39(12-17)22-6-4-5-9-42-22)13-19(28)23-35-36-25(43-23)29(32,33)18-7-8-20(30)21(31)10-18/h7-8,10-12,19,22H,4-6,9,13-16H2,1-3H3. The minimum atomic E-state index is -3.65. The average Bonchev–Trinajstić information content (AvgIpc) is 3.71. The van der Waals surface area contributed by atoms with Gasteiger partial charge in [-0.1, -0.05) is 29.3 Å². The van der Waals surface area contributed by atoms with Crippen molar-refractivity contribution in [3.63, 3.8) is 0 Å². The first kappa shape index (κ1) is 30.7. The Morgan fingerprint density at radius 1 is 1.07 bits per heavy atom. The Labute approximate surface area is 262 Å². The van der Waals surface area contributed by atoms with E-state index in [4.69, 9.17) is 37.1 Å². The molecule has 1 aromatic carbocycles. The Kier molecular flexibility index (Phi) is 7.86. The van der Waals surface area contributed by atoms with Gasteiger partial charge in [-0.3, -0.25) is 4.79 Å². The van der Waals surface area contributed by atoms with Crippen LogP contribution in [0.1, 0.15) is 79.9 Å². The number of alkyl halides is 2. The van der Waals surface area contributed by atoms with Crippen LogP contribution in [-0.2, 0) is 15.4 Å². The number of nitrogens with zero attached hydrogens (tertiary/aromatic N) is 6. The fourth-order valence-electron chi connectivity index (χ4n) is 5.99. The second-order valence-electron chi connectivity index (χ2n) is 12.6. The summed E-state index contributed by atoms with van der Waals surface area (Å²) in [6.45, 7) is 6.73. The molecule has 0 N–H and O–H groups in total. The third-order valence-electron chi connectivity index (χ3n) is 8.19. The number of likely N-dealkylation sites (tertiary alicyclic amines) is 2. The van der Waals surface area contributed by atoms with Crippen molar-refractivity contribution in [3.05, 3.63) is 63.5 Å². The molecular weight excluding hydrogens is 621 g/mol. The molecule has 1 spiro atoms. The van der Waals surface area contributed by atoms with E-state index in [0.717, 1.165) is 31.4 Å². The maximum absolute atomic E-state index is 15.4. The van der Waals surface area contributed by atoms with Gasteiger partial charge in [0.2, 0.25) is 5.89 Å². The largest absolute Gasteiger partial charge is 0.444 e. The molecule has 2 unspecified atom stereocenters. The zero-order valence-corrected chi connectivity index (χ0v) is 25.9. The average molecular weight is 654 g/mol. The van der Waals surface area contributed by atoms with Gasteiger partial charge in [0.1, 0.15) is 11.8 Å². The van der Waals surface area contributed by atoms with Gasteiger partial charge in [-0.25, -0.2) is 9.48 Å². The van der Waals surface area contributed by atoms with Gasteiger partial charge in [0.15, 0.2) is 0 Å². The molecule has 3 fully saturated rings. The number of rotatable bonds is 5. The van der Waals surface area contributed by atoms with Crippen LogP contribution in [0.5, 0.6) is 0 Å². The van der Waals surface area contributed by atoms with Crippen molar-refractivity contribution in [1.29, 1.82) is 0 Å². The van der Waals surface area contributed by atoms with Gasteiger partial charge >= 0.3 is 12.0 Å². The second kappa shape index (κ2) is 11.3. The number of carbonyl (C=O) groups is 2. The number of hydrogen-bond donors (Lipinski definition) is 0. The van der Waals surface area contributed by atoms with E-state index in [1.54, 1.807) is 36.5 Å². The van der Waals surface area contributed by atoms with Gasteiger partial charge in [0, 0.05) is 50.0 Å². The van der Waals surface area contributed by atoms with Crippen molar-refractivity contribution < 1.29 is 32.3 Å². The molecule has 11 nitrogen and oxygen atoms in total. The Morgan fingerprint density at radius 2 is 1.82 bits per heavy atom. The van der Waals surface area contributed by atoms with E-state index in [9.17, 15) is 9.59 Å². The minimum absolute atomic E-state index is 0.0393. The van der Waals surface area contributed by atoms with Gasteiger partial charge in [-0.15, -0.1) is 10.2 Å². The van der Waals surface area contributed by atoms with Crippen LogP contribution in [-0.4, -0.2) is 80.2 Å². The molecule has 2 atom stereocenters. The van der Waals surface area contributed by atoms with E-state index in [1.165, 1.54) is 17.2 Å². The lowest BCUT2D eigenvalue weighted by atomic mass is 9.71. The lowest BCUT2D eigenvalue weighted by Crippen LogP contribution is -2.62. The van der Waals surface area contributed by atoms with Gasteiger partial charge < -0.3 is 23.7 Å². The number of ether oxygens (including phenoxy) is 2. The van der Waals surface area contributed by atoms with E-state index in [1.807, 2.05) is 0 Å². The number of carbonyl (C=O) groups excluding carboxylic acids is 2. The molecule has 0 aliphatic carbocycles. The van der Waals surface area contributed by atoms with Crippen molar-refractivity contribution in [2.24, 2.45) is 5.41 Å². The van der Waals surface area contributed by atoms with Crippen LogP contribution in [0.4, 0.5) is 13.6 Å². The molecule has 3 aliphatic rings. The van der Waals surface area contributed by atoms with Crippen LogP contribution < -0.4 is 0 Å². The highest BCUT2D eigenvalue weighted by molar-refractivity contribution is 6.42. The zero-order valence-electron chi connectivity index (χ0n) is 24.4. The molecule has 0 bridgehead atoms. The minimum Gasteiger partial charge on any atom is -0.444 e. The maximum atomic E-state index is 15.4. The predicted octanol–water partition coefficient (Wildman–Crippen LogP) is 5.89. The lowest BCUT2D eigenvalue weighted by molar-refractivity contribution is -0.0395. The zero-order chi connectivity index (χ0) is 31.4. The first-order valence-electron chi connectivity index (χ1n) is 14.4. The van der Waals surface area contributed by atoms with Gasteiger partial charge in [0.25, 0.3) is 11.8 Å². The molecule has 0 saturated carbocycles. The van der Waals surface area contributed by atoms with Gasteiger partial charge in [-0.05, 0) is 52.2 Å². The molecule has 2 amide bonds. The topological polar surface area (TPSA) is 116 Å². The van der Waals surface area contributed by atoms with E-state index in [0.29, 0.717) is 12.2 Å². The molecule has 2 aromatic heterocycles.